The minimum atomic E-state index is -0.742. The maximum Gasteiger partial charge on any atom is 0.254 e. The average Bonchev–Trinajstić information content (AvgIpc) is 2.37. The molecule has 2 atom stereocenters. The number of benzene rings is 1. The third kappa shape index (κ3) is 2.76. The summed E-state index contributed by atoms with van der Waals surface area (Å²) >= 11 is 0. The smallest absolute Gasteiger partial charge is 0.254 e. The highest BCUT2D eigenvalue weighted by Crippen LogP contribution is 2.26. The van der Waals surface area contributed by atoms with E-state index in [1.165, 1.54) is 7.05 Å². The number of carbonyl (C=O) groups excluding carboxylic acids is 1. The first-order chi connectivity index (χ1) is 9.43. The van der Waals surface area contributed by atoms with Gasteiger partial charge in [0.1, 0.15) is 17.3 Å². The Hall–Kier alpha value is -1.65. The fourth-order valence-electron chi connectivity index (χ4n) is 2.81. The largest absolute Gasteiger partial charge is 0.383 e. The Morgan fingerprint density at radius 2 is 1.90 bits per heavy atom. The van der Waals surface area contributed by atoms with Crippen molar-refractivity contribution in [3.63, 3.8) is 0 Å². The van der Waals surface area contributed by atoms with Crippen molar-refractivity contribution in [2.45, 2.75) is 32.7 Å². The molecule has 0 spiro atoms. The third-order valence-electron chi connectivity index (χ3n) is 3.94. The number of likely N-dealkylation sites (tertiary alicyclic amines) is 1. The second kappa shape index (κ2) is 5.77. The van der Waals surface area contributed by atoms with Gasteiger partial charge in [0.25, 0.3) is 5.91 Å². The van der Waals surface area contributed by atoms with Gasteiger partial charge in [-0.3, -0.25) is 4.79 Å². The van der Waals surface area contributed by atoms with Gasteiger partial charge in [-0.05, 0) is 37.8 Å². The van der Waals surface area contributed by atoms with Crippen LogP contribution in [0.2, 0.25) is 0 Å². The van der Waals surface area contributed by atoms with E-state index in [0.29, 0.717) is 12.5 Å². The van der Waals surface area contributed by atoms with Gasteiger partial charge < -0.3 is 10.2 Å². The van der Waals surface area contributed by atoms with E-state index in [4.69, 9.17) is 0 Å². The Morgan fingerprint density at radius 1 is 1.30 bits per heavy atom. The lowest BCUT2D eigenvalue weighted by Gasteiger charge is -2.36. The molecule has 1 aliphatic rings. The molecule has 20 heavy (non-hydrogen) atoms. The van der Waals surface area contributed by atoms with E-state index < -0.39 is 11.6 Å². The van der Waals surface area contributed by atoms with E-state index in [1.807, 2.05) is 6.92 Å². The van der Waals surface area contributed by atoms with Gasteiger partial charge >= 0.3 is 0 Å². The number of amides is 1. The van der Waals surface area contributed by atoms with Gasteiger partial charge in [-0.2, -0.15) is 0 Å². The maximum absolute atomic E-state index is 13.7. The molecule has 0 bridgehead atoms. The van der Waals surface area contributed by atoms with Crippen molar-refractivity contribution < 1.29 is 13.6 Å². The first kappa shape index (κ1) is 14.8. The number of halogens is 2. The van der Waals surface area contributed by atoms with E-state index in [-0.39, 0.29) is 23.2 Å². The monoisotopic (exact) mass is 282 g/mol. The molecule has 110 valence electrons. The van der Waals surface area contributed by atoms with Gasteiger partial charge in [0.15, 0.2) is 0 Å². The molecule has 0 aromatic heterocycles. The van der Waals surface area contributed by atoms with Gasteiger partial charge in [-0.15, -0.1) is 0 Å². The molecule has 2 unspecified atom stereocenters. The fraction of sp³-hybridized carbons (Fsp3) is 0.533. The van der Waals surface area contributed by atoms with E-state index >= 15 is 0 Å². The van der Waals surface area contributed by atoms with Crippen LogP contribution in [0.3, 0.4) is 0 Å². The standard InChI is InChI=1S/C15H20F2N2O/c1-9-4-5-19(10(2)6-9)15(20)11-7-12(16)14(18-3)13(17)8-11/h7-10,18H,4-6H2,1-3H3. The molecule has 1 amide bonds. The van der Waals surface area contributed by atoms with Crippen molar-refractivity contribution >= 4 is 11.6 Å². The second-order valence-corrected chi connectivity index (χ2v) is 5.54. The lowest BCUT2D eigenvalue weighted by molar-refractivity contribution is 0.0587. The molecular formula is C15H20F2N2O. The normalized spacial score (nSPS) is 22.8. The fourth-order valence-corrected chi connectivity index (χ4v) is 2.81. The first-order valence-electron chi connectivity index (χ1n) is 6.91. The Balaban J connectivity index is 2.25. The summed E-state index contributed by atoms with van der Waals surface area (Å²) in [5, 5.41) is 2.45. The Morgan fingerprint density at radius 3 is 2.40 bits per heavy atom. The maximum atomic E-state index is 13.7. The number of hydrogen-bond acceptors (Lipinski definition) is 2. The lowest BCUT2D eigenvalue weighted by Crippen LogP contribution is -2.44. The van der Waals surface area contributed by atoms with Crippen LogP contribution in [-0.4, -0.2) is 30.4 Å². The summed E-state index contributed by atoms with van der Waals surface area (Å²) in [6, 6.07) is 2.30. The average molecular weight is 282 g/mol. The van der Waals surface area contributed by atoms with Crippen molar-refractivity contribution in [3.8, 4) is 0 Å². The summed E-state index contributed by atoms with van der Waals surface area (Å²) in [4.78, 5) is 14.1. The summed E-state index contributed by atoms with van der Waals surface area (Å²) in [6.45, 7) is 4.76. The highest BCUT2D eigenvalue weighted by molar-refractivity contribution is 5.95. The van der Waals surface area contributed by atoms with Crippen LogP contribution in [0.4, 0.5) is 14.5 Å². The zero-order chi connectivity index (χ0) is 14.9. The number of anilines is 1. The van der Waals surface area contributed by atoms with Gasteiger partial charge in [0.2, 0.25) is 0 Å². The molecule has 1 fully saturated rings. The Labute approximate surface area is 118 Å². The summed E-state index contributed by atoms with van der Waals surface area (Å²) < 4.78 is 27.4. The van der Waals surface area contributed by atoms with Crippen LogP contribution in [0.25, 0.3) is 0 Å². The zero-order valence-electron chi connectivity index (χ0n) is 12.0. The van der Waals surface area contributed by atoms with Gasteiger partial charge in [-0.1, -0.05) is 6.92 Å². The van der Waals surface area contributed by atoms with E-state index in [1.54, 1.807) is 4.90 Å². The number of carbonyl (C=O) groups is 1. The van der Waals surface area contributed by atoms with Crippen LogP contribution >= 0.6 is 0 Å². The molecule has 1 aliphatic heterocycles. The molecule has 1 aromatic carbocycles. The molecule has 1 aromatic rings. The molecule has 2 rings (SSSR count). The number of rotatable bonds is 2. The molecule has 0 saturated carbocycles. The molecule has 0 aliphatic carbocycles. The van der Waals surface area contributed by atoms with Crippen molar-refractivity contribution in [2.75, 3.05) is 18.9 Å². The van der Waals surface area contributed by atoms with Crippen LogP contribution in [0.5, 0.6) is 0 Å². The number of nitrogens with zero attached hydrogens (tertiary/aromatic N) is 1. The summed E-state index contributed by atoms with van der Waals surface area (Å²) in [5.74, 6) is -1.21. The van der Waals surface area contributed by atoms with Crippen LogP contribution in [0.15, 0.2) is 12.1 Å². The van der Waals surface area contributed by atoms with Gasteiger partial charge in [0.05, 0.1) is 0 Å². The van der Waals surface area contributed by atoms with E-state index in [2.05, 4.69) is 12.2 Å². The van der Waals surface area contributed by atoms with Crippen LogP contribution in [-0.2, 0) is 0 Å². The molecule has 1 N–H and O–H groups in total. The predicted molar refractivity (Wildman–Crippen MR) is 74.8 cm³/mol. The molecule has 3 nitrogen and oxygen atoms in total. The predicted octanol–water partition coefficient (Wildman–Crippen LogP) is 3.27. The highest BCUT2D eigenvalue weighted by Gasteiger charge is 2.28. The van der Waals surface area contributed by atoms with Crippen molar-refractivity contribution in [2.24, 2.45) is 5.92 Å². The number of nitrogens with one attached hydrogen (secondary N) is 1. The van der Waals surface area contributed by atoms with Crippen LogP contribution in [0.1, 0.15) is 37.0 Å². The summed E-state index contributed by atoms with van der Waals surface area (Å²) in [6.07, 6.45) is 1.85. The van der Waals surface area contributed by atoms with E-state index in [9.17, 15) is 13.6 Å². The summed E-state index contributed by atoms with van der Waals surface area (Å²) in [5.41, 5.74) is -0.137. The highest BCUT2D eigenvalue weighted by atomic mass is 19.1. The van der Waals surface area contributed by atoms with Crippen molar-refractivity contribution in [1.29, 1.82) is 0 Å². The first-order valence-corrected chi connectivity index (χ1v) is 6.91. The van der Waals surface area contributed by atoms with Crippen molar-refractivity contribution in [1.82, 2.24) is 4.90 Å². The molecule has 0 radical (unpaired) electrons. The zero-order valence-corrected chi connectivity index (χ0v) is 12.0. The quantitative estimate of drug-likeness (QED) is 0.903. The Bertz CT molecular complexity index is 496. The minimum Gasteiger partial charge on any atom is -0.383 e. The molecule has 1 heterocycles. The SMILES string of the molecule is CNc1c(F)cc(C(=O)N2CCC(C)CC2C)cc1F. The van der Waals surface area contributed by atoms with Gasteiger partial charge in [-0.25, -0.2) is 8.78 Å². The minimum absolute atomic E-state index is 0.0698. The molecule has 1 saturated heterocycles. The van der Waals surface area contributed by atoms with Crippen LogP contribution < -0.4 is 5.32 Å². The number of hydrogen-bond donors (Lipinski definition) is 1. The topological polar surface area (TPSA) is 32.3 Å². The second-order valence-electron chi connectivity index (χ2n) is 5.54. The van der Waals surface area contributed by atoms with Crippen molar-refractivity contribution in [3.05, 3.63) is 29.3 Å². The third-order valence-corrected chi connectivity index (χ3v) is 3.94. The number of piperidine rings is 1. The van der Waals surface area contributed by atoms with Gasteiger partial charge in [0, 0.05) is 25.2 Å². The molecule has 5 heteroatoms. The summed E-state index contributed by atoms with van der Waals surface area (Å²) in [7, 11) is 1.44. The molecular weight excluding hydrogens is 262 g/mol. The Kier molecular flexibility index (Phi) is 4.26. The van der Waals surface area contributed by atoms with Crippen LogP contribution in [0, 0.1) is 17.6 Å². The lowest BCUT2D eigenvalue weighted by atomic mass is 9.93. The van der Waals surface area contributed by atoms with E-state index in [0.717, 1.165) is 25.0 Å².